The number of nitrogens with zero attached hydrogens (tertiary/aromatic N) is 3. The molecule has 5 aliphatic heterocycles. The Morgan fingerprint density at radius 2 is 1.71 bits per heavy atom. The minimum Gasteiger partial charge on any atom is -0.496 e. The largest absolute Gasteiger partial charge is 0.496 e. The molecule has 3 fully saturated rings. The lowest BCUT2D eigenvalue weighted by molar-refractivity contribution is -0.228. The number of esters is 3. The van der Waals surface area contributed by atoms with E-state index in [0.29, 0.717) is 82.6 Å². The van der Waals surface area contributed by atoms with Crippen molar-refractivity contribution in [1.82, 2.24) is 14.8 Å². The van der Waals surface area contributed by atoms with Crippen LogP contribution in [-0.4, -0.2) is 133 Å². The van der Waals surface area contributed by atoms with Crippen molar-refractivity contribution in [2.24, 2.45) is 11.3 Å². The van der Waals surface area contributed by atoms with E-state index >= 15 is 4.79 Å². The van der Waals surface area contributed by atoms with Gasteiger partial charge in [0.15, 0.2) is 6.10 Å². The summed E-state index contributed by atoms with van der Waals surface area (Å²) >= 11 is 0. The van der Waals surface area contributed by atoms with Crippen LogP contribution in [0.5, 0.6) is 5.75 Å². The fraction of sp³-hybridized carbons (Fsp3) is 0.587. The molecule has 10 atom stereocenters. The average Bonchev–Trinajstić information content (AvgIpc) is 3.90. The molecular weight excluding hydrogens is 753 g/mol. The molecule has 0 radical (unpaired) electrons. The van der Waals surface area contributed by atoms with Crippen LogP contribution in [0.2, 0.25) is 0 Å². The number of aromatic amines is 1. The summed E-state index contributed by atoms with van der Waals surface area (Å²) in [5, 5.41) is 26.3. The number of hydrogen-bond acceptors (Lipinski definition) is 12. The molecule has 316 valence electrons. The SMILES string of the molecule is CCC1(O)CC2CN(CCc3c([nH]c4ccccc34)[C@@](C(=O)OC)(c3cc4c(cc3OC)N(C)C3[C@]45CCN4CC=C[C@@](CC)([C@@H](OC(C)=O)[C@]3(O)C(=O)OC)[C@H]45)C2)C1. The van der Waals surface area contributed by atoms with Crippen molar-refractivity contribution in [2.45, 2.75) is 99.5 Å². The number of anilines is 1. The molecule has 2 saturated heterocycles. The van der Waals surface area contributed by atoms with Crippen molar-refractivity contribution in [1.29, 1.82) is 0 Å². The molecule has 6 heterocycles. The Morgan fingerprint density at radius 3 is 2.41 bits per heavy atom. The number of carbonyl (C=O) groups excluding carboxylic acids is 3. The van der Waals surface area contributed by atoms with E-state index in [1.54, 1.807) is 7.11 Å². The van der Waals surface area contributed by atoms with E-state index in [2.05, 4.69) is 39.1 Å². The first-order chi connectivity index (χ1) is 28.2. The van der Waals surface area contributed by atoms with E-state index in [1.807, 2.05) is 50.1 Å². The highest BCUT2D eigenvalue weighted by molar-refractivity contribution is 5.95. The van der Waals surface area contributed by atoms with Crippen LogP contribution in [0.4, 0.5) is 5.69 Å². The van der Waals surface area contributed by atoms with Crippen LogP contribution in [0.15, 0.2) is 48.6 Å². The quantitative estimate of drug-likeness (QED) is 0.180. The first kappa shape index (κ1) is 40.0. The molecule has 13 nitrogen and oxygen atoms in total. The molecule has 1 spiro atoms. The van der Waals surface area contributed by atoms with Crippen LogP contribution in [0.25, 0.3) is 10.9 Å². The molecule has 2 bridgehead atoms. The van der Waals surface area contributed by atoms with Crippen molar-refractivity contribution >= 4 is 34.5 Å². The zero-order valence-corrected chi connectivity index (χ0v) is 35.3. The van der Waals surface area contributed by atoms with Gasteiger partial charge in [0.05, 0.1) is 33.0 Å². The van der Waals surface area contributed by atoms with E-state index in [0.717, 1.165) is 33.4 Å². The molecule has 3 N–H and O–H groups in total. The van der Waals surface area contributed by atoms with E-state index in [-0.39, 0.29) is 12.0 Å². The van der Waals surface area contributed by atoms with Gasteiger partial charge in [-0.2, -0.15) is 0 Å². The van der Waals surface area contributed by atoms with E-state index in [9.17, 15) is 19.8 Å². The molecule has 3 aromatic rings. The number of aliphatic hydroxyl groups is 2. The van der Waals surface area contributed by atoms with E-state index in [1.165, 1.54) is 21.1 Å². The van der Waals surface area contributed by atoms with Crippen molar-refractivity contribution in [3.63, 3.8) is 0 Å². The van der Waals surface area contributed by atoms with Crippen molar-refractivity contribution < 1.29 is 43.5 Å². The first-order valence-corrected chi connectivity index (χ1v) is 21.2. The normalized spacial score (nSPS) is 37.0. The van der Waals surface area contributed by atoms with E-state index in [4.69, 9.17) is 18.9 Å². The molecule has 1 aliphatic carbocycles. The predicted molar refractivity (Wildman–Crippen MR) is 220 cm³/mol. The number of H-pyrrole nitrogens is 1. The summed E-state index contributed by atoms with van der Waals surface area (Å²) in [7, 11) is 6.15. The number of methoxy groups -OCH3 is 3. The van der Waals surface area contributed by atoms with Gasteiger partial charge in [-0.3, -0.25) is 19.4 Å². The lowest BCUT2D eigenvalue weighted by atomic mass is 9.47. The van der Waals surface area contributed by atoms with Crippen molar-refractivity contribution in [2.75, 3.05) is 66.0 Å². The summed E-state index contributed by atoms with van der Waals surface area (Å²) in [4.78, 5) is 53.2. The number of likely N-dealkylation sites (N-methyl/N-ethyl adjacent to an activating group) is 1. The Bertz CT molecular complexity index is 2260. The number of aromatic nitrogens is 1. The number of nitrogens with one attached hydrogen (secondary N) is 1. The maximum atomic E-state index is 15.3. The fourth-order valence-electron chi connectivity index (χ4n) is 13.5. The van der Waals surface area contributed by atoms with Crippen LogP contribution < -0.4 is 9.64 Å². The molecular formula is C46H58N4O9. The average molecular weight is 811 g/mol. The second kappa shape index (κ2) is 13.8. The summed E-state index contributed by atoms with van der Waals surface area (Å²) < 4.78 is 23.9. The number of ether oxygens (including phenoxy) is 4. The van der Waals surface area contributed by atoms with Gasteiger partial charge in [0.2, 0.25) is 5.60 Å². The zero-order valence-electron chi connectivity index (χ0n) is 35.3. The Labute approximate surface area is 345 Å². The van der Waals surface area contributed by atoms with Gasteiger partial charge < -0.3 is 39.0 Å². The maximum absolute atomic E-state index is 15.3. The molecule has 13 heteroatoms. The highest BCUT2D eigenvalue weighted by Gasteiger charge is 2.80. The Morgan fingerprint density at radius 1 is 0.949 bits per heavy atom. The molecule has 6 aliphatic rings. The lowest BCUT2D eigenvalue weighted by Crippen LogP contribution is -2.81. The monoisotopic (exact) mass is 810 g/mol. The summed E-state index contributed by atoms with van der Waals surface area (Å²) in [6, 6.07) is 11.0. The molecule has 9 rings (SSSR count). The van der Waals surface area contributed by atoms with Gasteiger partial charge in [-0.15, -0.1) is 0 Å². The zero-order chi connectivity index (χ0) is 41.9. The van der Waals surface area contributed by atoms with Crippen molar-refractivity contribution in [3.8, 4) is 5.75 Å². The number of rotatable bonds is 7. The highest BCUT2D eigenvalue weighted by Crippen LogP contribution is 2.68. The highest BCUT2D eigenvalue weighted by atomic mass is 16.6. The number of hydrogen-bond donors (Lipinski definition) is 3. The standard InChI is InChI=1S/C46H58N4O9/c1-8-42(54)23-28-24-45(40(52)57-6,36-30(15-19-49(25-28)26-42)29-13-10-11-14-33(29)47-36)32-21-31-34(22-35(32)56-5)48(4)38-44(31)17-20-50-18-12-16-43(9-2,37(44)50)39(59-27(3)51)46(38,55)41(53)58-7/h10-14,16,21-22,28,37-39,47,54-55H,8-9,15,17-20,23-26H2,1-7H3/t28?,37-,38?,39+,42?,43+,44+,45-,46-/m0/s1. The first-order valence-electron chi connectivity index (χ1n) is 21.2. The van der Waals surface area contributed by atoms with Gasteiger partial charge >= 0.3 is 17.9 Å². The van der Waals surface area contributed by atoms with Gasteiger partial charge in [-0.25, -0.2) is 4.79 Å². The lowest BCUT2D eigenvalue weighted by Gasteiger charge is -2.63. The molecule has 59 heavy (non-hydrogen) atoms. The van der Waals surface area contributed by atoms with Crippen LogP contribution in [-0.2, 0) is 45.8 Å². The third-order valence-electron chi connectivity index (χ3n) is 15.6. The third kappa shape index (κ3) is 5.20. The number of benzene rings is 2. The number of fused-ring (bicyclic) bond motifs is 6. The third-order valence-corrected chi connectivity index (χ3v) is 15.6. The minimum atomic E-state index is -2.30. The number of para-hydroxylation sites is 1. The topological polar surface area (TPSA) is 154 Å². The number of piperidine rings is 1. The number of carbonyl (C=O) groups is 3. The van der Waals surface area contributed by atoms with Gasteiger partial charge in [-0.05, 0) is 74.2 Å². The summed E-state index contributed by atoms with van der Waals surface area (Å²) in [5.74, 6) is -1.56. The van der Waals surface area contributed by atoms with Crippen LogP contribution >= 0.6 is 0 Å². The van der Waals surface area contributed by atoms with Gasteiger partial charge in [0.25, 0.3) is 0 Å². The van der Waals surface area contributed by atoms with E-state index < -0.39 is 57.5 Å². The fourth-order valence-corrected chi connectivity index (χ4v) is 13.5. The predicted octanol–water partition coefficient (Wildman–Crippen LogP) is 3.99. The smallest absolute Gasteiger partial charge is 0.344 e. The molecule has 1 aromatic heterocycles. The Balaban J connectivity index is 1.36. The summed E-state index contributed by atoms with van der Waals surface area (Å²) in [6.45, 7) is 8.62. The summed E-state index contributed by atoms with van der Waals surface area (Å²) in [5.41, 5.74) is -1.62. The second-order valence-electron chi connectivity index (χ2n) is 18.2. The van der Waals surface area contributed by atoms with Gasteiger partial charge in [-0.1, -0.05) is 44.2 Å². The second-order valence-corrected chi connectivity index (χ2v) is 18.2. The molecule has 0 amide bonds. The van der Waals surface area contributed by atoms with Gasteiger partial charge in [0.1, 0.15) is 11.2 Å². The van der Waals surface area contributed by atoms with Crippen molar-refractivity contribution in [3.05, 3.63) is 70.9 Å². The van der Waals surface area contributed by atoms with Crippen LogP contribution in [0.3, 0.4) is 0 Å². The molecule has 2 aromatic carbocycles. The minimum absolute atomic E-state index is 0.0986. The van der Waals surface area contributed by atoms with Crippen LogP contribution in [0.1, 0.15) is 75.3 Å². The maximum Gasteiger partial charge on any atom is 0.344 e. The van der Waals surface area contributed by atoms with Crippen LogP contribution in [0, 0.1) is 11.3 Å². The summed E-state index contributed by atoms with van der Waals surface area (Å²) in [6.07, 6.45) is 5.94. The van der Waals surface area contributed by atoms with Gasteiger partial charge in [0, 0.05) is 90.9 Å². The Hall–Kier alpha value is -4.43. The molecule has 1 saturated carbocycles. The Kier molecular flexibility index (Phi) is 9.36. The molecule has 4 unspecified atom stereocenters.